The van der Waals surface area contributed by atoms with Gasteiger partial charge in [0.15, 0.2) is 0 Å². The lowest BCUT2D eigenvalue weighted by Crippen LogP contribution is -2.62. The second-order valence-electron chi connectivity index (χ2n) is 26.8. The first kappa shape index (κ1) is 50.9. The lowest BCUT2D eigenvalue weighted by atomic mass is 9.42. The van der Waals surface area contributed by atoms with Gasteiger partial charge in [-0.05, 0) is 173 Å². The number of hydrogen-bond donors (Lipinski definition) is 0. The van der Waals surface area contributed by atoms with E-state index < -0.39 is 5.41 Å². The van der Waals surface area contributed by atoms with Crippen molar-refractivity contribution in [3.05, 3.63) is 275 Å². The summed E-state index contributed by atoms with van der Waals surface area (Å²) in [6.45, 7) is 23.4. The molecule has 10 aromatic carbocycles. The summed E-state index contributed by atoms with van der Waals surface area (Å²) < 4.78 is 0. The summed E-state index contributed by atoms with van der Waals surface area (Å²) in [5.41, 5.74) is 27.0. The van der Waals surface area contributed by atoms with Crippen molar-refractivity contribution in [3.63, 3.8) is 0 Å². The van der Waals surface area contributed by atoms with Crippen LogP contribution in [-0.4, -0.2) is 6.85 Å². The van der Waals surface area contributed by atoms with E-state index >= 15 is 0 Å². The fourth-order valence-electron chi connectivity index (χ4n) is 14.5. The zero-order chi connectivity index (χ0) is 55.8. The highest BCUT2D eigenvalue weighted by atomic mass is 15.2. The predicted molar refractivity (Wildman–Crippen MR) is 345 cm³/mol. The second kappa shape index (κ2) is 18.3. The molecular weight excluding hydrogens is 978 g/mol. The third-order valence-electron chi connectivity index (χ3n) is 18.9. The van der Waals surface area contributed by atoms with Crippen molar-refractivity contribution in [2.24, 2.45) is 0 Å². The van der Waals surface area contributed by atoms with Crippen LogP contribution in [0.15, 0.2) is 231 Å². The van der Waals surface area contributed by atoms with Gasteiger partial charge in [0.25, 0.3) is 0 Å². The van der Waals surface area contributed by atoms with E-state index in [0.29, 0.717) is 0 Å². The van der Waals surface area contributed by atoms with E-state index in [0.717, 1.165) is 29.9 Å². The summed E-state index contributed by atoms with van der Waals surface area (Å²) in [4.78, 5) is 7.90. The molecule has 3 heterocycles. The molecule has 4 heteroatoms. The molecule has 4 aliphatic rings. The van der Waals surface area contributed by atoms with Crippen LogP contribution in [0.3, 0.4) is 0 Å². The van der Waals surface area contributed by atoms with Gasteiger partial charge in [-0.25, -0.2) is 0 Å². The Labute approximate surface area is 481 Å². The summed E-state index contributed by atoms with van der Waals surface area (Å²) >= 11 is 0. The Morgan fingerprint density at radius 1 is 0.407 bits per heavy atom. The van der Waals surface area contributed by atoms with Gasteiger partial charge in [-0.2, -0.15) is 0 Å². The molecule has 3 aliphatic heterocycles. The maximum absolute atomic E-state index is 2.76. The van der Waals surface area contributed by atoms with Crippen molar-refractivity contribution in [2.75, 3.05) is 14.6 Å². The smallest absolute Gasteiger partial charge is 0.333 e. The SMILES string of the molecule is CC(C)(C)c1ccc(N(c2ccc(C(C)(C)C)cc2)c2ccc3c(c2)N(c2ccc4c(c2)C(C)(C)CCC4(C)C)B2c4cccc5c4N(c4ccccc4C5(c4ccccc4)c4ccccc4)c4cc(-c5ccccc5)cc-3c42)cc1. The number of anilines is 8. The summed E-state index contributed by atoms with van der Waals surface area (Å²) in [5, 5.41) is 0. The molecule has 10 aromatic rings. The van der Waals surface area contributed by atoms with Crippen LogP contribution in [0.4, 0.5) is 45.5 Å². The van der Waals surface area contributed by atoms with Gasteiger partial charge in [-0.1, -0.05) is 233 Å². The summed E-state index contributed by atoms with van der Waals surface area (Å²) in [5.74, 6) is 0. The van der Waals surface area contributed by atoms with E-state index in [1.165, 1.54) is 106 Å². The molecule has 0 saturated carbocycles. The van der Waals surface area contributed by atoms with Gasteiger partial charge in [-0.3, -0.25) is 0 Å². The third kappa shape index (κ3) is 7.91. The van der Waals surface area contributed by atoms with E-state index in [9.17, 15) is 0 Å². The molecule has 0 fully saturated rings. The van der Waals surface area contributed by atoms with Gasteiger partial charge in [0.05, 0.1) is 11.1 Å². The minimum Gasteiger partial charge on any atom is -0.376 e. The minimum atomic E-state index is -0.629. The fraction of sp³-hybridized carbons (Fsp3) is 0.221. The molecule has 0 atom stereocenters. The van der Waals surface area contributed by atoms with Gasteiger partial charge in [-0.15, -0.1) is 0 Å². The molecule has 0 amide bonds. The second-order valence-corrected chi connectivity index (χ2v) is 26.8. The van der Waals surface area contributed by atoms with Crippen LogP contribution in [0.2, 0.25) is 0 Å². The van der Waals surface area contributed by atoms with Crippen LogP contribution in [0.25, 0.3) is 22.3 Å². The van der Waals surface area contributed by atoms with Crippen LogP contribution < -0.4 is 25.5 Å². The van der Waals surface area contributed by atoms with Crippen molar-refractivity contribution >= 4 is 63.3 Å². The number of hydrogen-bond acceptors (Lipinski definition) is 3. The lowest BCUT2D eigenvalue weighted by molar-refractivity contribution is 0.332. The van der Waals surface area contributed by atoms with Gasteiger partial charge in [0, 0.05) is 45.4 Å². The van der Waals surface area contributed by atoms with Crippen LogP contribution in [-0.2, 0) is 27.1 Å². The number of para-hydroxylation sites is 2. The first-order valence-corrected chi connectivity index (χ1v) is 29.4. The molecule has 14 rings (SSSR count). The van der Waals surface area contributed by atoms with Crippen molar-refractivity contribution in [3.8, 4) is 22.3 Å². The lowest BCUT2D eigenvalue weighted by Gasteiger charge is -2.52. The largest absolute Gasteiger partial charge is 0.376 e. The van der Waals surface area contributed by atoms with Crippen LogP contribution in [0.5, 0.6) is 0 Å². The average Bonchev–Trinajstić information content (AvgIpc) is 2.29. The highest BCUT2D eigenvalue weighted by molar-refractivity contribution is 6.93. The van der Waals surface area contributed by atoms with Crippen LogP contribution in [0.1, 0.15) is 127 Å². The summed E-state index contributed by atoms with van der Waals surface area (Å²) in [7, 11) is 0. The van der Waals surface area contributed by atoms with E-state index in [4.69, 9.17) is 0 Å². The molecule has 0 bridgehead atoms. The summed E-state index contributed by atoms with van der Waals surface area (Å²) in [6, 6.07) is 88.6. The predicted octanol–water partition coefficient (Wildman–Crippen LogP) is 19.2. The molecular formula is C77H72BN3. The molecule has 81 heavy (non-hydrogen) atoms. The van der Waals surface area contributed by atoms with E-state index in [1.807, 2.05) is 0 Å². The van der Waals surface area contributed by atoms with Crippen molar-refractivity contribution < 1.29 is 0 Å². The van der Waals surface area contributed by atoms with Crippen molar-refractivity contribution in [2.45, 2.75) is 109 Å². The Bertz CT molecular complexity index is 3970. The molecule has 1 aliphatic carbocycles. The van der Waals surface area contributed by atoms with Gasteiger partial charge in [0.2, 0.25) is 0 Å². The first-order valence-electron chi connectivity index (χ1n) is 29.4. The minimum absolute atomic E-state index is 0.00578. The molecule has 0 spiro atoms. The molecule has 398 valence electrons. The average molecular weight is 1050 g/mol. The topological polar surface area (TPSA) is 9.72 Å². The molecule has 0 saturated heterocycles. The molecule has 0 radical (unpaired) electrons. The van der Waals surface area contributed by atoms with E-state index in [2.05, 4.69) is 314 Å². The highest BCUT2D eigenvalue weighted by Gasteiger charge is 2.53. The highest BCUT2D eigenvalue weighted by Crippen LogP contribution is 2.60. The Morgan fingerprint density at radius 3 is 1.56 bits per heavy atom. The van der Waals surface area contributed by atoms with Gasteiger partial charge >= 0.3 is 6.85 Å². The zero-order valence-electron chi connectivity index (χ0n) is 48.8. The normalized spacial score (nSPS) is 15.9. The van der Waals surface area contributed by atoms with Gasteiger partial charge in [0.1, 0.15) is 0 Å². The number of benzene rings is 10. The number of rotatable bonds is 7. The molecule has 0 N–H and O–H groups in total. The Kier molecular flexibility index (Phi) is 11.5. The standard InChI is InChI=1S/C77H72BN3/c1-73(2,3)53-33-37-57(38-34-53)79(58-39-35-54(36-40-58)74(4,5)6)59-41-43-61-62-47-52(51-23-14-11-15-24-51)48-70-71(62)78(81(69(61)50-59)60-42-44-63-66(49-60)76(9,10)46-45-75(63,7)8)67-31-22-30-65-72(67)80(70)68-32-21-20-29-64(68)77(65,55-25-16-12-17-26-55)56-27-18-13-19-28-56/h11-44,47-50H,45-46H2,1-10H3. The Balaban J connectivity index is 1.10. The molecule has 0 unspecified atom stereocenters. The van der Waals surface area contributed by atoms with Crippen molar-refractivity contribution in [1.29, 1.82) is 0 Å². The molecule has 0 aromatic heterocycles. The molecule has 3 nitrogen and oxygen atoms in total. The number of nitrogens with zero attached hydrogens (tertiary/aromatic N) is 3. The van der Waals surface area contributed by atoms with Crippen LogP contribution >= 0.6 is 0 Å². The third-order valence-corrected chi connectivity index (χ3v) is 18.9. The zero-order valence-corrected chi connectivity index (χ0v) is 48.8. The summed E-state index contributed by atoms with van der Waals surface area (Å²) in [6.07, 6.45) is 2.29. The van der Waals surface area contributed by atoms with E-state index in [1.54, 1.807) is 0 Å². The Morgan fingerprint density at radius 2 is 0.951 bits per heavy atom. The van der Waals surface area contributed by atoms with E-state index in [-0.39, 0.29) is 28.5 Å². The maximum atomic E-state index is 2.76. The Hall–Kier alpha value is -8.34. The van der Waals surface area contributed by atoms with Gasteiger partial charge < -0.3 is 14.6 Å². The monoisotopic (exact) mass is 1050 g/mol. The van der Waals surface area contributed by atoms with Crippen LogP contribution in [0, 0.1) is 0 Å². The van der Waals surface area contributed by atoms with Crippen molar-refractivity contribution in [1.82, 2.24) is 0 Å². The number of fused-ring (bicyclic) bond motifs is 7. The quantitative estimate of drug-likeness (QED) is 0.147. The maximum Gasteiger partial charge on any atom is 0.333 e. The fourth-order valence-corrected chi connectivity index (χ4v) is 14.5. The first-order chi connectivity index (χ1) is 38.9.